The first-order chi connectivity index (χ1) is 16.2. The molecule has 1 amide bonds. The van der Waals surface area contributed by atoms with E-state index in [1.807, 2.05) is 48.5 Å². The molecule has 0 spiro atoms. The lowest BCUT2D eigenvalue weighted by Crippen LogP contribution is -2.42. The summed E-state index contributed by atoms with van der Waals surface area (Å²) < 4.78 is 18.6. The summed E-state index contributed by atoms with van der Waals surface area (Å²) in [5.41, 5.74) is 1.87. The van der Waals surface area contributed by atoms with Crippen molar-refractivity contribution >= 4 is 5.91 Å². The second kappa shape index (κ2) is 11.6. The van der Waals surface area contributed by atoms with E-state index in [4.69, 9.17) is 4.74 Å². The number of benzene rings is 2. The van der Waals surface area contributed by atoms with Gasteiger partial charge in [0.1, 0.15) is 11.6 Å². The molecule has 1 fully saturated rings. The van der Waals surface area contributed by atoms with Gasteiger partial charge in [-0.15, -0.1) is 0 Å². The molecule has 1 unspecified atom stereocenters. The van der Waals surface area contributed by atoms with Crippen LogP contribution >= 0.6 is 0 Å². The molecule has 0 radical (unpaired) electrons. The first-order valence-corrected chi connectivity index (χ1v) is 11.6. The molecular weight excluding hydrogens is 417 g/mol. The number of carbonyl (C=O) groups excluding carboxylic acids is 1. The van der Waals surface area contributed by atoms with Crippen LogP contribution in [0.2, 0.25) is 0 Å². The van der Waals surface area contributed by atoms with Crippen molar-refractivity contribution in [1.82, 2.24) is 15.2 Å². The predicted octanol–water partition coefficient (Wildman–Crippen LogP) is 4.61. The molecule has 2 aromatic carbocycles. The van der Waals surface area contributed by atoms with E-state index in [1.54, 1.807) is 18.3 Å². The summed E-state index contributed by atoms with van der Waals surface area (Å²) in [5, 5.41) is 3.24. The summed E-state index contributed by atoms with van der Waals surface area (Å²) in [4.78, 5) is 20.0. The average molecular weight is 448 g/mol. The normalized spacial score (nSPS) is 15.7. The fourth-order valence-electron chi connectivity index (χ4n) is 4.21. The first kappa shape index (κ1) is 22.9. The molecule has 33 heavy (non-hydrogen) atoms. The minimum atomic E-state index is -0.260. The van der Waals surface area contributed by atoms with Crippen molar-refractivity contribution in [3.8, 4) is 5.75 Å². The maximum atomic E-state index is 13.1. The van der Waals surface area contributed by atoms with Crippen LogP contribution < -0.4 is 10.1 Å². The second-order valence-corrected chi connectivity index (χ2v) is 8.38. The Morgan fingerprint density at radius 3 is 2.45 bits per heavy atom. The van der Waals surface area contributed by atoms with Crippen LogP contribution in [0.15, 0.2) is 79.0 Å². The Hall–Kier alpha value is -3.25. The number of nitrogens with zero attached hydrogens (tertiary/aromatic N) is 2. The van der Waals surface area contributed by atoms with Gasteiger partial charge in [0, 0.05) is 18.7 Å². The fraction of sp³-hybridized carbons (Fsp3) is 0.333. The number of amides is 1. The van der Waals surface area contributed by atoms with Crippen LogP contribution in [0, 0.1) is 11.7 Å². The van der Waals surface area contributed by atoms with Gasteiger partial charge in [-0.1, -0.05) is 36.4 Å². The molecule has 1 aliphatic heterocycles. The number of piperidine rings is 1. The van der Waals surface area contributed by atoms with E-state index in [2.05, 4.69) is 15.2 Å². The molecule has 0 bridgehead atoms. The van der Waals surface area contributed by atoms with Crippen LogP contribution in [-0.4, -0.2) is 42.0 Å². The standard InChI is InChI=1S/C27H30FN3O2/c28-23-10-12-24(13-11-23)33-20-6-17-31-18-14-22(15-19-31)27(32)30-26(21-7-2-1-3-8-21)25-9-4-5-16-29-25/h1-5,7-13,16,22,26H,6,14-15,17-20H2,(H,30,32). The van der Waals surface area contributed by atoms with Gasteiger partial charge in [-0.3, -0.25) is 9.78 Å². The maximum absolute atomic E-state index is 13.1. The van der Waals surface area contributed by atoms with Gasteiger partial charge in [0.15, 0.2) is 0 Å². The molecule has 1 aliphatic rings. The Bertz CT molecular complexity index is 951. The largest absolute Gasteiger partial charge is 0.494 e. The number of nitrogens with one attached hydrogen (secondary N) is 1. The molecule has 0 aliphatic carbocycles. The molecule has 1 saturated heterocycles. The second-order valence-electron chi connectivity index (χ2n) is 8.38. The van der Waals surface area contributed by atoms with E-state index in [0.29, 0.717) is 12.4 Å². The summed E-state index contributed by atoms with van der Waals surface area (Å²) in [5.74, 6) is 0.525. The van der Waals surface area contributed by atoms with Crippen molar-refractivity contribution in [3.05, 3.63) is 96.1 Å². The van der Waals surface area contributed by atoms with Crippen LogP contribution in [0.1, 0.15) is 36.6 Å². The summed E-state index contributed by atoms with van der Waals surface area (Å²) in [6, 6.07) is 21.6. The molecule has 1 aromatic heterocycles. The number of aromatic nitrogens is 1. The monoisotopic (exact) mass is 447 g/mol. The van der Waals surface area contributed by atoms with Crippen LogP contribution in [-0.2, 0) is 4.79 Å². The number of likely N-dealkylation sites (tertiary alicyclic amines) is 1. The number of hydrogen-bond donors (Lipinski definition) is 1. The number of ether oxygens (including phenoxy) is 1. The van der Waals surface area contributed by atoms with Crippen LogP contribution in [0.5, 0.6) is 5.75 Å². The van der Waals surface area contributed by atoms with Crippen LogP contribution in [0.25, 0.3) is 0 Å². The summed E-state index contributed by atoms with van der Waals surface area (Å²) >= 11 is 0. The third-order valence-corrected chi connectivity index (χ3v) is 6.06. The Morgan fingerprint density at radius 1 is 1.03 bits per heavy atom. The van der Waals surface area contributed by atoms with Crippen LogP contribution in [0.4, 0.5) is 4.39 Å². The zero-order valence-corrected chi connectivity index (χ0v) is 18.7. The van der Waals surface area contributed by atoms with Crippen molar-refractivity contribution in [2.24, 2.45) is 5.92 Å². The van der Waals surface area contributed by atoms with Gasteiger partial charge in [0.05, 0.1) is 18.3 Å². The zero-order valence-electron chi connectivity index (χ0n) is 18.7. The molecule has 4 rings (SSSR count). The summed E-state index contributed by atoms with van der Waals surface area (Å²) in [6.07, 6.45) is 4.34. The first-order valence-electron chi connectivity index (χ1n) is 11.6. The van der Waals surface area contributed by atoms with E-state index in [9.17, 15) is 9.18 Å². The van der Waals surface area contributed by atoms with Gasteiger partial charge in [-0.05, 0) is 74.3 Å². The van der Waals surface area contributed by atoms with E-state index < -0.39 is 0 Å². The van der Waals surface area contributed by atoms with Crippen molar-refractivity contribution in [2.45, 2.75) is 25.3 Å². The molecule has 1 N–H and O–H groups in total. The lowest BCUT2D eigenvalue weighted by Gasteiger charge is -2.32. The zero-order chi connectivity index (χ0) is 22.9. The Kier molecular flexibility index (Phi) is 8.04. The molecule has 5 nitrogen and oxygen atoms in total. The minimum Gasteiger partial charge on any atom is -0.494 e. The fourth-order valence-corrected chi connectivity index (χ4v) is 4.21. The van der Waals surface area contributed by atoms with Gasteiger partial charge in [-0.25, -0.2) is 4.39 Å². The van der Waals surface area contributed by atoms with E-state index in [1.165, 1.54) is 12.1 Å². The number of rotatable bonds is 9. The molecule has 1 atom stereocenters. The third-order valence-electron chi connectivity index (χ3n) is 6.06. The van der Waals surface area contributed by atoms with Gasteiger partial charge in [0.25, 0.3) is 0 Å². The predicted molar refractivity (Wildman–Crippen MR) is 126 cm³/mol. The van der Waals surface area contributed by atoms with Crippen molar-refractivity contribution in [3.63, 3.8) is 0 Å². The highest BCUT2D eigenvalue weighted by Gasteiger charge is 2.27. The van der Waals surface area contributed by atoms with Gasteiger partial charge in [0.2, 0.25) is 5.91 Å². The highest BCUT2D eigenvalue weighted by Crippen LogP contribution is 2.23. The van der Waals surface area contributed by atoms with Gasteiger partial charge >= 0.3 is 0 Å². The average Bonchev–Trinajstić information content (AvgIpc) is 2.87. The number of hydrogen-bond acceptors (Lipinski definition) is 4. The number of carbonyl (C=O) groups is 1. The van der Waals surface area contributed by atoms with E-state index >= 15 is 0 Å². The Morgan fingerprint density at radius 2 is 1.76 bits per heavy atom. The summed E-state index contributed by atoms with van der Waals surface area (Å²) in [7, 11) is 0. The molecule has 172 valence electrons. The highest BCUT2D eigenvalue weighted by molar-refractivity contribution is 5.79. The third kappa shape index (κ3) is 6.62. The smallest absolute Gasteiger partial charge is 0.224 e. The number of halogens is 1. The lowest BCUT2D eigenvalue weighted by molar-refractivity contribution is -0.127. The summed E-state index contributed by atoms with van der Waals surface area (Å²) in [6.45, 7) is 3.31. The number of pyridine rings is 1. The molecule has 3 aromatic rings. The quantitative estimate of drug-likeness (QED) is 0.487. The van der Waals surface area contributed by atoms with Gasteiger partial charge < -0.3 is 15.0 Å². The Labute approximate surface area is 194 Å². The minimum absolute atomic E-state index is 0.00615. The van der Waals surface area contributed by atoms with Gasteiger partial charge in [-0.2, -0.15) is 0 Å². The lowest BCUT2D eigenvalue weighted by atomic mass is 9.94. The van der Waals surface area contributed by atoms with Crippen molar-refractivity contribution in [2.75, 3.05) is 26.2 Å². The maximum Gasteiger partial charge on any atom is 0.224 e. The SMILES string of the molecule is O=C(NC(c1ccccc1)c1ccccn1)C1CCN(CCCOc2ccc(F)cc2)CC1. The van der Waals surface area contributed by atoms with E-state index in [-0.39, 0.29) is 23.7 Å². The topological polar surface area (TPSA) is 54.5 Å². The molecule has 0 saturated carbocycles. The molecular formula is C27H30FN3O2. The Balaban J connectivity index is 1.24. The van der Waals surface area contributed by atoms with Crippen LogP contribution in [0.3, 0.4) is 0 Å². The van der Waals surface area contributed by atoms with Crippen molar-refractivity contribution < 1.29 is 13.9 Å². The molecule has 6 heteroatoms. The molecule has 2 heterocycles. The van der Waals surface area contributed by atoms with Crippen molar-refractivity contribution in [1.29, 1.82) is 0 Å². The highest BCUT2D eigenvalue weighted by atomic mass is 19.1. The van der Waals surface area contributed by atoms with E-state index in [0.717, 1.165) is 50.2 Å².